The smallest absolute Gasteiger partial charge is 0.323 e. The molecule has 5 heteroatoms. The summed E-state index contributed by atoms with van der Waals surface area (Å²) in [5.74, 6) is 0.0583. The molecule has 0 spiro atoms. The zero-order valence-electron chi connectivity index (χ0n) is 9.27. The lowest BCUT2D eigenvalue weighted by atomic mass is 10.2. The van der Waals surface area contributed by atoms with Gasteiger partial charge in [0.1, 0.15) is 12.4 Å². The van der Waals surface area contributed by atoms with Gasteiger partial charge in [-0.3, -0.25) is 9.79 Å². The number of methoxy groups -OCH3 is 1. The minimum Gasteiger partial charge on any atom is -0.480 e. The highest BCUT2D eigenvalue weighted by molar-refractivity contribution is 5.87. The summed E-state index contributed by atoms with van der Waals surface area (Å²) < 4.78 is 4.97. The van der Waals surface area contributed by atoms with Crippen LogP contribution < -0.4 is 0 Å². The Labute approximate surface area is 89.7 Å². The highest BCUT2D eigenvalue weighted by Crippen LogP contribution is 2.13. The Kier molecular flexibility index (Phi) is 4.55. The van der Waals surface area contributed by atoms with Crippen LogP contribution >= 0.6 is 0 Å². The van der Waals surface area contributed by atoms with Gasteiger partial charge in [-0.15, -0.1) is 0 Å². The summed E-state index contributed by atoms with van der Waals surface area (Å²) in [6.45, 7) is 3.42. The molecule has 86 valence electrons. The van der Waals surface area contributed by atoms with E-state index >= 15 is 0 Å². The fourth-order valence-electron chi connectivity index (χ4n) is 1.65. The molecule has 1 rings (SSSR count). The van der Waals surface area contributed by atoms with Gasteiger partial charge in [0.05, 0.1) is 12.6 Å². The summed E-state index contributed by atoms with van der Waals surface area (Å²) in [4.78, 5) is 16.9. The van der Waals surface area contributed by atoms with Crippen LogP contribution in [0.4, 0.5) is 0 Å². The lowest BCUT2D eigenvalue weighted by Crippen LogP contribution is -2.34. The van der Waals surface area contributed by atoms with Gasteiger partial charge in [0.2, 0.25) is 0 Å². The maximum atomic E-state index is 10.6. The van der Waals surface area contributed by atoms with E-state index < -0.39 is 5.97 Å². The van der Waals surface area contributed by atoms with Gasteiger partial charge in [0.25, 0.3) is 0 Å². The van der Waals surface area contributed by atoms with Crippen molar-refractivity contribution in [2.24, 2.45) is 4.99 Å². The third kappa shape index (κ3) is 3.51. The van der Waals surface area contributed by atoms with Crippen LogP contribution in [-0.4, -0.2) is 54.7 Å². The van der Waals surface area contributed by atoms with Gasteiger partial charge in [-0.1, -0.05) is 6.92 Å². The topological polar surface area (TPSA) is 62.1 Å². The molecule has 1 N–H and O–H groups in total. The summed E-state index contributed by atoms with van der Waals surface area (Å²) >= 11 is 0. The molecule has 1 aliphatic rings. The second-order valence-electron chi connectivity index (χ2n) is 3.62. The highest BCUT2D eigenvalue weighted by Gasteiger charge is 2.24. The number of carbonyl (C=O) groups is 1. The average molecular weight is 214 g/mol. The molecule has 15 heavy (non-hydrogen) atoms. The third-order valence-electron chi connectivity index (χ3n) is 2.45. The zero-order chi connectivity index (χ0) is 11.3. The van der Waals surface area contributed by atoms with Gasteiger partial charge < -0.3 is 14.7 Å². The van der Waals surface area contributed by atoms with Crippen LogP contribution in [0.5, 0.6) is 0 Å². The Morgan fingerprint density at radius 3 is 3.00 bits per heavy atom. The van der Waals surface area contributed by atoms with Crippen molar-refractivity contribution in [3.8, 4) is 0 Å². The van der Waals surface area contributed by atoms with Crippen LogP contribution in [0.2, 0.25) is 0 Å². The fraction of sp³-hybridized carbons (Fsp3) is 0.800. The first-order valence-corrected chi connectivity index (χ1v) is 5.19. The van der Waals surface area contributed by atoms with Crippen molar-refractivity contribution in [2.75, 3.05) is 26.8 Å². The van der Waals surface area contributed by atoms with Crippen LogP contribution in [0.3, 0.4) is 0 Å². The number of carboxylic acid groups (broad SMARTS) is 1. The summed E-state index contributed by atoms with van der Waals surface area (Å²) in [5.41, 5.74) is 0. The number of ether oxygens (including phenoxy) is 1. The predicted octanol–water partition coefficient (Wildman–Crippen LogP) is 0.600. The van der Waals surface area contributed by atoms with E-state index in [9.17, 15) is 4.79 Å². The molecule has 0 bridgehead atoms. The monoisotopic (exact) mass is 214 g/mol. The van der Waals surface area contributed by atoms with E-state index in [0.717, 1.165) is 18.8 Å². The third-order valence-corrected chi connectivity index (χ3v) is 2.45. The van der Waals surface area contributed by atoms with E-state index in [2.05, 4.69) is 11.9 Å². The normalized spacial score (nSPS) is 20.5. The molecule has 1 heterocycles. The van der Waals surface area contributed by atoms with Crippen molar-refractivity contribution in [1.82, 2.24) is 4.90 Å². The van der Waals surface area contributed by atoms with Crippen molar-refractivity contribution in [2.45, 2.75) is 25.8 Å². The van der Waals surface area contributed by atoms with Crippen molar-refractivity contribution < 1.29 is 14.6 Å². The van der Waals surface area contributed by atoms with Gasteiger partial charge in [-0.2, -0.15) is 0 Å². The number of aliphatic imine (C=N–C) groups is 1. The molecule has 0 amide bonds. The second kappa shape index (κ2) is 5.70. The second-order valence-corrected chi connectivity index (χ2v) is 3.62. The van der Waals surface area contributed by atoms with Crippen LogP contribution in [0, 0.1) is 0 Å². The van der Waals surface area contributed by atoms with Gasteiger partial charge in [-0.25, -0.2) is 0 Å². The van der Waals surface area contributed by atoms with E-state index in [4.69, 9.17) is 9.84 Å². The van der Waals surface area contributed by atoms with Crippen molar-refractivity contribution in [1.29, 1.82) is 0 Å². The number of amidine groups is 1. The van der Waals surface area contributed by atoms with Crippen LogP contribution in [-0.2, 0) is 9.53 Å². The summed E-state index contributed by atoms with van der Waals surface area (Å²) in [6, 6.07) is 0.246. The van der Waals surface area contributed by atoms with Gasteiger partial charge >= 0.3 is 5.97 Å². The Bertz CT molecular complexity index is 253. The fourth-order valence-corrected chi connectivity index (χ4v) is 1.65. The van der Waals surface area contributed by atoms with Gasteiger partial charge in [-0.05, 0) is 6.42 Å². The Morgan fingerprint density at radius 1 is 1.73 bits per heavy atom. The number of carboxylic acids is 1. The molecule has 0 radical (unpaired) electrons. The predicted molar refractivity (Wildman–Crippen MR) is 57.2 cm³/mol. The molecule has 5 nitrogen and oxygen atoms in total. The summed E-state index contributed by atoms with van der Waals surface area (Å²) in [7, 11) is 1.63. The molecule has 0 fully saturated rings. The number of hydrogen-bond donors (Lipinski definition) is 1. The van der Waals surface area contributed by atoms with E-state index in [-0.39, 0.29) is 12.6 Å². The summed E-state index contributed by atoms with van der Waals surface area (Å²) in [5, 5.41) is 8.75. The molecule has 1 unspecified atom stereocenters. The molecule has 1 aliphatic heterocycles. The maximum Gasteiger partial charge on any atom is 0.323 e. The minimum atomic E-state index is -0.808. The lowest BCUT2D eigenvalue weighted by Gasteiger charge is -2.18. The molecule has 0 aromatic rings. The highest BCUT2D eigenvalue weighted by atomic mass is 16.5. The van der Waals surface area contributed by atoms with Crippen LogP contribution in [0.15, 0.2) is 4.99 Å². The average Bonchev–Trinajstić information content (AvgIpc) is 2.56. The number of rotatable bonds is 6. The molecular formula is C10H18N2O3. The Morgan fingerprint density at radius 2 is 2.47 bits per heavy atom. The summed E-state index contributed by atoms with van der Waals surface area (Å²) in [6.07, 6.45) is 1.65. The number of hydrogen-bond acceptors (Lipinski definition) is 4. The van der Waals surface area contributed by atoms with Gasteiger partial charge in [0.15, 0.2) is 0 Å². The van der Waals surface area contributed by atoms with Gasteiger partial charge in [0, 0.05) is 20.1 Å². The molecular weight excluding hydrogens is 196 g/mol. The van der Waals surface area contributed by atoms with Crippen molar-refractivity contribution >= 4 is 11.8 Å². The van der Waals surface area contributed by atoms with Crippen molar-refractivity contribution in [3.63, 3.8) is 0 Å². The molecule has 0 aliphatic carbocycles. The SMILES string of the molecule is CCC1CN(CC(=O)O)C(CCOC)=N1. The number of nitrogens with zero attached hydrogens (tertiary/aromatic N) is 2. The molecule has 0 aromatic carbocycles. The maximum absolute atomic E-state index is 10.6. The molecule has 0 saturated heterocycles. The van der Waals surface area contributed by atoms with Crippen LogP contribution in [0.1, 0.15) is 19.8 Å². The first kappa shape index (κ1) is 12.0. The van der Waals surface area contributed by atoms with E-state index in [0.29, 0.717) is 13.0 Å². The molecule has 1 atom stereocenters. The number of aliphatic carboxylic acids is 1. The standard InChI is InChI=1S/C10H18N2O3/c1-3-8-6-12(7-10(13)14)9(11-8)4-5-15-2/h8H,3-7H2,1-2H3,(H,13,14). The first-order chi connectivity index (χ1) is 7.17. The molecule has 0 aromatic heterocycles. The lowest BCUT2D eigenvalue weighted by molar-refractivity contribution is -0.137. The molecule has 0 saturated carbocycles. The van der Waals surface area contributed by atoms with E-state index in [1.54, 1.807) is 7.11 Å². The Hall–Kier alpha value is -1.10. The van der Waals surface area contributed by atoms with E-state index in [1.807, 2.05) is 4.90 Å². The minimum absolute atomic E-state index is 0.0407. The Balaban J connectivity index is 2.55. The first-order valence-electron chi connectivity index (χ1n) is 5.19. The quantitative estimate of drug-likeness (QED) is 0.703. The van der Waals surface area contributed by atoms with Crippen molar-refractivity contribution in [3.05, 3.63) is 0 Å². The van der Waals surface area contributed by atoms with E-state index in [1.165, 1.54) is 0 Å². The van der Waals surface area contributed by atoms with Crippen LogP contribution in [0.25, 0.3) is 0 Å². The largest absolute Gasteiger partial charge is 0.480 e. The zero-order valence-corrected chi connectivity index (χ0v) is 9.27.